The van der Waals surface area contributed by atoms with Crippen molar-refractivity contribution in [3.63, 3.8) is 0 Å². The van der Waals surface area contributed by atoms with E-state index in [1.54, 1.807) is 6.07 Å². The molecule has 0 radical (unpaired) electrons. The Morgan fingerprint density at radius 3 is 2.50 bits per heavy atom. The zero-order valence-electron chi connectivity index (χ0n) is 10.6. The SMILES string of the molecule is CC(C)(C)NCC(O)c1cc(F)cc(C#N)c1F. The molecule has 1 unspecified atom stereocenters. The van der Waals surface area contributed by atoms with Gasteiger partial charge in [-0.25, -0.2) is 8.78 Å². The third-order valence-corrected chi connectivity index (χ3v) is 2.37. The lowest BCUT2D eigenvalue weighted by Crippen LogP contribution is -2.38. The maximum atomic E-state index is 13.7. The smallest absolute Gasteiger partial charge is 0.147 e. The maximum absolute atomic E-state index is 13.7. The van der Waals surface area contributed by atoms with Gasteiger partial charge in [0, 0.05) is 17.6 Å². The van der Waals surface area contributed by atoms with E-state index in [9.17, 15) is 13.9 Å². The molecule has 0 saturated carbocycles. The van der Waals surface area contributed by atoms with Crippen LogP contribution in [0.15, 0.2) is 12.1 Å². The van der Waals surface area contributed by atoms with Gasteiger partial charge in [-0.05, 0) is 32.9 Å². The Labute approximate surface area is 105 Å². The van der Waals surface area contributed by atoms with Gasteiger partial charge in [0.25, 0.3) is 0 Å². The standard InChI is InChI=1S/C13H16F2N2O/c1-13(2,3)17-7-11(18)10-5-9(14)4-8(6-16)12(10)15/h4-5,11,17-18H,7H2,1-3H3. The number of benzene rings is 1. The normalized spacial score (nSPS) is 13.2. The van der Waals surface area contributed by atoms with E-state index in [0.717, 1.165) is 12.1 Å². The summed E-state index contributed by atoms with van der Waals surface area (Å²) in [5, 5.41) is 21.5. The van der Waals surface area contributed by atoms with Crippen molar-refractivity contribution in [3.05, 3.63) is 34.9 Å². The molecule has 0 aliphatic heterocycles. The molecule has 0 spiro atoms. The molecule has 0 aliphatic rings. The fourth-order valence-electron chi connectivity index (χ4n) is 1.45. The first-order chi connectivity index (χ1) is 8.24. The molecule has 2 N–H and O–H groups in total. The zero-order valence-corrected chi connectivity index (χ0v) is 10.6. The van der Waals surface area contributed by atoms with Crippen LogP contribution in [0, 0.1) is 23.0 Å². The quantitative estimate of drug-likeness (QED) is 0.870. The van der Waals surface area contributed by atoms with Gasteiger partial charge in [-0.15, -0.1) is 0 Å². The Morgan fingerprint density at radius 1 is 1.39 bits per heavy atom. The summed E-state index contributed by atoms with van der Waals surface area (Å²) in [6.45, 7) is 5.75. The molecule has 1 aromatic carbocycles. The Balaban J connectivity index is 2.96. The molecule has 0 amide bonds. The summed E-state index contributed by atoms with van der Waals surface area (Å²) in [4.78, 5) is 0. The zero-order chi connectivity index (χ0) is 13.9. The first-order valence-electron chi connectivity index (χ1n) is 5.56. The number of hydrogen-bond acceptors (Lipinski definition) is 3. The van der Waals surface area contributed by atoms with E-state index in [1.807, 2.05) is 20.8 Å². The first kappa shape index (κ1) is 14.6. The van der Waals surface area contributed by atoms with Crippen molar-refractivity contribution in [1.29, 1.82) is 5.26 Å². The molecular weight excluding hydrogens is 238 g/mol. The number of rotatable bonds is 3. The van der Waals surface area contributed by atoms with Crippen LogP contribution >= 0.6 is 0 Å². The summed E-state index contributed by atoms with van der Waals surface area (Å²) < 4.78 is 26.9. The lowest BCUT2D eigenvalue weighted by atomic mass is 10.0. The van der Waals surface area contributed by atoms with Crippen molar-refractivity contribution in [2.75, 3.05) is 6.54 Å². The number of halogens is 2. The third kappa shape index (κ3) is 3.76. The molecule has 0 aromatic heterocycles. The van der Waals surface area contributed by atoms with E-state index < -0.39 is 23.3 Å². The van der Waals surface area contributed by atoms with Crippen molar-refractivity contribution >= 4 is 0 Å². The van der Waals surface area contributed by atoms with Crippen LogP contribution in [-0.2, 0) is 0 Å². The monoisotopic (exact) mass is 254 g/mol. The van der Waals surface area contributed by atoms with E-state index >= 15 is 0 Å². The highest BCUT2D eigenvalue weighted by molar-refractivity contribution is 5.36. The van der Waals surface area contributed by atoms with Crippen LogP contribution in [0.5, 0.6) is 0 Å². The third-order valence-electron chi connectivity index (χ3n) is 2.37. The Kier molecular flexibility index (Phi) is 4.38. The van der Waals surface area contributed by atoms with Gasteiger partial charge in [-0.2, -0.15) is 5.26 Å². The van der Waals surface area contributed by atoms with Crippen molar-refractivity contribution in [2.24, 2.45) is 0 Å². The molecule has 0 aliphatic carbocycles. The maximum Gasteiger partial charge on any atom is 0.147 e. The summed E-state index contributed by atoms with van der Waals surface area (Å²) >= 11 is 0. The van der Waals surface area contributed by atoms with Crippen LogP contribution in [0.2, 0.25) is 0 Å². The molecule has 5 heteroatoms. The largest absolute Gasteiger partial charge is 0.387 e. The van der Waals surface area contributed by atoms with Gasteiger partial charge in [0.2, 0.25) is 0 Å². The molecule has 18 heavy (non-hydrogen) atoms. The Bertz CT molecular complexity index is 475. The van der Waals surface area contributed by atoms with Gasteiger partial charge in [0.05, 0.1) is 11.7 Å². The highest BCUT2D eigenvalue weighted by Crippen LogP contribution is 2.21. The molecule has 0 saturated heterocycles. The number of β-amino-alcohol motifs (C(OH)–C–C–N with tert-alkyl or cyclic N) is 1. The molecular formula is C13H16F2N2O. The van der Waals surface area contributed by atoms with Gasteiger partial charge < -0.3 is 10.4 Å². The van der Waals surface area contributed by atoms with E-state index in [2.05, 4.69) is 5.32 Å². The van der Waals surface area contributed by atoms with Gasteiger partial charge in [0.15, 0.2) is 0 Å². The summed E-state index contributed by atoms with van der Waals surface area (Å²) in [5.41, 5.74) is -0.855. The number of nitriles is 1. The number of nitrogens with zero attached hydrogens (tertiary/aromatic N) is 1. The molecule has 0 heterocycles. The van der Waals surface area contributed by atoms with E-state index in [-0.39, 0.29) is 17.6 Å². The number of nitrogens with one attached hydrogen (secondary N) is 1. The van der Waals surface area contributed by atoms with Gasteiger partial charge >= 0.3 is 0 Å². The second-order valence-corrected chi connectivity index (χ2v) is 5.12. The van der Waals surface area contributed by atoms with Crippen LogP contribution in [-0.4, -0.2) is 17.2 Å². The van der Waals surface area contributed by atoms with Crippen molar-refractivity contribution in [3.8, 4) is 6.07 Å². The first-order valence-corrected chi connectivity index (χ1v) is 5.56. The summed E-state index contributed by atoms with van der Waals surface area (Å²) in [6, 6.07) is 3.27. The molecule has 0 fully saturated rings. The highest BCUT2D eigenvalue weighted by Gasteiger charge is 2.19. The topological polar surface area (TPSA) is 56.0 Å². The highest BCUT2D eigenvalue weighted by atomic mass is 19.1. The van der Waals surface area contributed by atoms with Crippen LogP contribution < -0.4 is 5.32 Å². The van der Waals surface area contributed by atoms with Crippen molar-refractivity contribution in [1.82, 2.24) is 5.32 Å². The minimum atomic E-state index is -1.20. The fraction of sp³-hybridized carbons (Fsp3) is 0.462. The minimum Gasteiger partial charge on any atom is -0.387 e. The van der Waals surface area contributed by atoms with Crippen LogP contribution in [0.1, 0.15) is 38.0 Å². The van der Waals surface area contributed by atoms with Crippen LogP contribution in [0.25, 0.3) is 0 Å². The van der Waals surface area contributed by atoms with E-state index in [1.165, 1.54) is 0 Å². The number of aliphatic hydroxyl groups excluding tert-OH is 1. The van der Waals surface area contributed by atoms with Crippen molar-refractivity contribution in [2.45, 2.75) is 32.4 Å². The molecule has 98 valence electrons. The molecule has 1 aromatic rings. The average Bonchev–Trinajstić information content (AvgIpc) is 2.27. The second-order valence-electron chi connectivity index (χ2n) is 5.12. The van der Waals surface area contributed by atoms with E-state index in [4.69, 9.17) is 5.26 Å². The Hall–Kier alpha value is -1.51. The van der Waals surface area contributed by atoms with Gasteiger partial charge in [-0.1, -0.05) is 0 Å². The molecule has 1 rings (SSSR count). The average molecular weight is 254 g/mol. The fourth-order valence-corrected chi connectivity index (χ4v) is 1.45. The van der Waals surface area contributed by atoms with Crippen LogP contribution in [0.4, 0.5) is 8.78 Å². The van der Waals surface area contributed by atoms with Gasteiger partial charge in [-0.3, -0.25) is 0 Å². The Morgan fingerprint density at radius 2 is 2.00 bits per heavy atom. The van der Waals surface area contributed by atoms with Gasteiger partial charge in [0.1, 0.15) is 17.7 Å². The minimum absolute atomic E-state index is 0.0781. The van der Waals surface area contributed by atoms with Crippen LogP contribution in [0.3, 0.4) is 0 Å². The second kappa shape index (κ2) is 5.42. The predicted molar refractivity (Wildman–Crippen MR) is 63.8 cm³/mol. The molecule has 1 atom stereocenters. The predicted octanol–water partition coefficient (Wildman–Crippen LogP) is 2.26. The lowest BCUT2D eigenvalue weighted by molar-refractivity contribution is 0.158. The van der Waals surface area contributed by atoms with E-state index in [0.29, 0.717) is 0 Å². The summed E-state index contributed by atoms with van der Waals surface area (Å²) in [7, 11) is 0. The summed E-state index contributed by atoms with van der Waals surface area (Å²) in [5.74, 6) is -1.61. The molecule has 3 nitrogen and oxygen atoms in total. The van der Waals surface area contributed by atoms with Crippen molar-refractivity contribution < 1.29 is 13.9 Å². The molecule has 0 bridgehead atoms. The number of aliphatic hydroxyl groups is 1. The lowest BCUT2D eigenvalue weighted by Gasteiger charge is -2.23. The summed E-state index contributed by atoms with van der Waals surface area (Å²) in [6.07, 6.45) is -1.20. The number of hydrogen-bond donors (Lipinski definition) is 2.